The topological polar surface area (TPSA) is 72.7 Å². The highest BCUT2D eigenvalue weighted by molar-refractivity contribution is 5.92. The van der Waals surface area contributed by atoms with E-state index in [4.69, 9.17) is 9.97 Å². The molecular formula is C25H30N4O2. The van der Waals surface area contributed by atoms with Gasteiger partial charge in [0, 0.05) is 31.1 Å². The molecule has 2 aromatic carbocycles. The second kappa shape index (κ2) is 8.44. The number of aliphatic hydroxyl groups is 1. The minimum atomic E-state index is -0.179. The summed E-state index contributed by atoms with van der Waals surface area (Å²) in [6, 6.07) is 14.1. The zero-order chi connectivity index (χ0) is 21.4. The van der Waals surface area contributed by atoms with E-state index in [1.165, 1.54) is 0 Å². The number of β-amino-alcohol motifs (C(OH)–C–C–N with tert-alkyl or cyclic N) is 1. The summed E-state index contributed by atoms with van der Waals surface area (Å²) in [4.78, 5) is 14.6. The van der Waals surface area contributed by atoms with E-state index in [-0.39, 0.29) is 11.9 Å². The van der Waals surface area contributed by atoms with Gasteiger partial charge < -0.3 is 15.1 Å². The molecule has 2 fully saturated rings. The third kappa shape index (κ3) is 4.10. The number of nitrogens with zero attached hydrogens (tertiary/aromatic N) is 4. The summed E-state index contributed by atoms with van der Waals surface area (Å²) in [7, 11) is 0. The van der Waals surface area contributed by atoms with Gasteiger partial charge in [0.1, 0.15) is 11.6 Å². The van der Waals surface area contributed by atoms with Crippen LogP contribution >= 0.6 is 0 Å². The molecule has 162 valence electrons. The van der Waals surface area contributed by atoms with Gasteiger partial charge in [0.05, 0.1) is 17.2 Å². The van der Waals surface area contributed by atoms with Crippen LogP contribution in [0.25, 0.3) is 22.3 Å². The molecule has 2 saturated heterocycles. The number of para-hydroxylation sites is 1. The van der Waals surface area contributed by atoms with Gasteiger partial charge in [-0.3, -0.25) is 4.90 Å². The third-order valence-corrected chi connectivity index (χ3v) is 6.69. The van der Waals surface area contributed by atoms with E-state index >= 15 is 0 Å². The van der Waals surface area contributed by atoms with E-state index in [0.29, 0.717) is 17.4 Å². The van der Waals surface area contributed by atoms with Crippen molar-refractivity contribution >= 4 is 16.7 Å². The largest absolute Gasteiger partial charge is 0.507 e. The van der Waals surface area contributed by atoms with Crippen molar-refractivity contribution in [1.29, 1.82) is 0 Å². The van der Waals surface area contributed by atoms with Crippen LogP contribution in [0.1, 0.15) is 31.2 Å². The van der Waals surface area contributed by atoms with Crippen molar-refractivity contribution in [3.8, 4) is 17.1 Å². The smallest absolute Gasteiger partial charge is 0.165 e. The Labute approximate surface area is 183 Å². The zero-order valence-corrected chi connectivity index (χ0v) is 18.0. The highest BCUT2D eigenvalue weighted by Crippen LogP contribution is 2.33. The fourth-order valence-corrected chi connectivity index (χ4v) is 5.00. The Hall–Kier alpha value is -2.70. The molecule has 0 aliphatic carbocycles. The van der Waals surface area contributed by atoms with Crippen LogP contribution in [-0.2, 0) is 0 Å². The van der Waals surface area contributed by atoms with E-state index in [1.54, 1.807) is 6.07 Å². The molecule has 2 N–H and O–H groups in total. The first-order valence-corrected chi connectivity index (χ1v) is 11.3. The number of aliphatic hydroxyl groups excluding tert-OH is 1. The number of aromatic nitrogens is 2. The molecule has 1 aromatic heterocycles. The lowest BCUT2D eigenvalue weighted by Gasteiger charge is -2.41. The van der Waals surface area contributed by atoms with Crippen molar-refractivity contribution in [2.75, 3.05) is 31.1 Å². The average molecular weight is 419 g/mol. The molecule has 6 nitrogen and oxygen atoms in total. The Balaban J connectivity index is 1.46. The molecule has 5 rings (SSSR count). The number of likely N-dealkylation sites (tertiary alicyclic amines) is 1. The maximum Gasteiger partial charge on any atom is 0.165 e. The van der Waals surface area contributed by atoms with Crippen molar-refractivity contribution in [3.63, 3.8) is 0 Å². The van der Waals surface area contributed by atoms with E-state index < -0.39 is 0 Å². The lowest BCUT2D eigenvalue weighted by molar-refractivity contribution is 0.0398. The van der Waals surface area contributed by atoms with Gasteiger partial charge in [-0.05, 0) is 69.0 Å². The Kier molecular flexibility index (Phi) is 5.50. The van der Waals surface area contributed by atoms with Crippen LogP contribution in [0.3, 0.4) is 0 Å². The summed E-state index contributed by atoms with van der Waals surface area (Å²) in [5, 5.41) is 21.5. The molecule has 0 radical (unpaired) electrons. The van der Waals surface area contributed by atoms with Crippen LogP contribution in [-0.4, -0.2) is 63.4 Å². The molecule has 1 atom stereocenters. The SMILES string of the molecule is Cc1ccc2c(N3CCC(N4CCCC(O)C4)CC3)nc(-c3ccccc3O)nc2c1. The molecule has 2 aliphatic heterocycles. The van der Waals surface area contributed by atoms with Crippen molar-refractivity contribution < 1.29 is 10.2 Å². The van der Waals surface area contributed by atoms with Crippen LogP contribution in [0, 0.1) is 6.92 Å². The number of aryl methyl sites for hydroxylation is 1. The number of phenolic OH excluding ortho intramolecular Hbond substituents is 1. The fourth-order valence-electron chi connectivity index (χ4n) is 5.00. The molecule has 0 saturated carbocycles. The third-order valence-electron chi connectivity index (χ3n) is 6.69. The maximum atomic E-state index is 10.4. The molecule has 31 heavy (non-hydrogen) atoms. The summed E-state index contributed by atoms with van der Waals surface area (Å²) < 4.78 is 0. The minimum Gasteiger partial charge on any atom is -0.507 e. The molecule has 0 bridgehead atoms. The normalized spacial score (nSPS) is 21.0. The molecule has 3 heterocycles. The summed E-state index contributed by atoms with van der Waals surface area (Å²) in [5.41, 5.74) is 2.72. The second-order valence-electron chi connectivity index (χ2n) is 8.92. The number of hydrogen-bond donors (Lipinski definition) is 2. The van der Waals surface area contributed by atoms with Gasteiger partial charge in [-0.25, -0.2) is 9.97 Å². The molecule has 3 aromatic rings. The van der Waals surface area contributed by atoms with Gasteiger partial charge in [-0.2, -0.15) is 0 Å². The zero-order valence-electron chi connectivity index (χ0n) is 18.0. The predicted molar refractivity (Wildman–Crippen MR) is 123 cm³/mol. The number of anilines is 1. The van der Waals surface area contributed by atoms with Crippen LogP contribution in [0.5, 0.6) is 5.75 Å². The van der Waals surface area contributed by atoms with Gasteiger partial charge >= 0.3 is 0 Å². The number of piperidine rings is 2. The van der Waals surface area contributed by atoms with Gasteiger partial charge in [0.15, 0.2) is 5.82 Å². The van der Waals surface area contributed by atoms with E-state index in [2.05, 4.69) is 34.9 Å². The monoisotopic (exact) mass is 418 g/mol. The van der Waals surface area contributed by atoms with Gasteiger partial charge in [-0.1, -0.05) is 18.2 Å². The van der Waals surface area contributed by atoms with Crippen LogP contribution in [0.2, 0.25) is 0 Å². The van der Waals surface area contributed by atoms with Gasteiger partial charge in [0.2, 0.25) is 0 Å². The van der Waals surface area contributed by atoms with Crippen molar-refractivity contribution in [1.82, 2.24) is 14.9 Å². The lowest BCUT2D eigenvalue weighted by atomic mass is 9.98. The van der Waals surface area contributed by atoms with E-state index in [0.717, 1.165) is 74.1 Å². The Bertz CT molecular complexity index is 1080. The van der Waals surface area contributed by atoms with Crippen LogP contribution < -0.4 is 4.90 Å². The van der Waals surface area contributed by atoms with Crippen molar-refractivity contribution in [2.24, 2.45) is 0 Å². The molecule has 6 heteroatoms. The average Bonchev–Trinajstić information content (AvgIpc) is 2.78. The van der Waals surface area contributed by atoms with Gasteiger partial charge in [0.25, 0.3) is 0 Å². The number of benzene rings is 2. The molecule has 0 amide bonds. The summed E-state index contributed by atoms with van der Waals surface area (Å²) in [5.74, 6) is 1.70. The predicted octanol–water partition coefficient (Wildman–Crippen LogP) is 3.74. The number of fused-ring (bicyclic) bond motifs is 1. The van der Waals surface area contributed by atoms with Crippen LogP contribution in [0.15, 0.2) is 42.5 Å². The highest BCUT2D eigenvalue weighted by Gasteiger charge is 2.29. The second-order valence-corrected chi connectivity index (χ2v) is 8.92. The summed E-state index contributed by atoms with van der Waals surface area (Å²) >= 11 is 0. The number of hydrogen-bond acceptors (Lipinski definition) is 6. The summed E-state index contributed by atoms with van der Waals surface area (Å²) in [6.45, 7) is 5.82. The van der Waals surface area contributed by atoms with E-state index in [1.807, 2.05) is 18.2 Å². The maximum absolute atomic E-state index is 10.4. The summed E-state index contributed by atoms with van der Waals surface area (Å²) in [6.07, 6.45) is 3.96. The first-order chi connectivity index (χ1) is 15.1. The van der Waals surface area contributed by atoms with E-state index in [9.17, 15) is 10.2 Å². The highest BCUT2D eigenvalue weighted by atomic mass is 16.3. The molecular weight excluding hydrogens is 388 g/mol. The quantitative estimate of drug-likeness (QED) is 0.675. The number of aromatic hydroxyl groups is 1. The van der Waals surface area contributed by atoms with Crippen molar-refractivity contribution in [2.45, 2.75) is 44.8 Å². The number of rotatable bonds is 3. The molecule has 1 unspecified atom stereocenters. The molecule has 0 spiro atoms. The first-order valence-electron chi connectivity index (χ1n) is 11.3. The Morgan fingerprint density at radius 1 is 0.968 bits per heavy atom. The first kappa shape index (κ1) is 20.2. The Morgan fingerprint density at radius 3 is 2.55 bits per heavy atom. The minimum absolute atomic E-state index is 0.179. The lowest BCUT2D eigenvalue weighted by Crippen LogP contribution is -2.49. The number of phenols is 1. The van der Waals surface area contributed by atoms with Crippen LogP contribution in [0.4, 0.5) is 5.82 Å². The van der Waals surface area contributed by atoms with Crippen molar-refractivity contribution in [3.05, 3.63) is 48.0 Å². The standard InChI is InChI=1S/C25H30N4O2/c1-17-8-9-20-22(15-17)26-24(21-6-2-3-7-23(21)31)27-25(20)28-13-10-18(11-14-28)29-12-4-5-19(30)16-29/h2-3,6-9,15,18-19,30-31H,4-5,10-14,16H2,1H3. The molecule has 2 aliphatic rings. The Morgan fingerprint density at radius 2 is 1.77 bits per heavy atom. The fraction of sp³-hybridized carbons (Fsp3) is 0.440. The van der Waals surface area contributed by atoms with Gasteiger partial charge in [-0.15, -0.1) is 0 Å².